The van der Waals surface area contributed by atoms with E-state index < -0.39 is 51.9 Å². The molecule has 0 saturated carbocycles. The average molecular weight is 1630 g/mol. The topological polar surface area (TPSA) is 269 Å². The number of benzene rings is 3. The Labute approximate surface area is 654 Å². The Morgan fingerprint density at radius 1 is 0.425 bits per heavy atom. The van der Waals surface area contributed by atoms with Crippen LogP contribution >= 0.6 is 34.0 Å². The summed E-state index contributed by atoms with van der Waals surface area (Å²) in [6.45, 7) is 14.4. The van der Waals surface area contributed by atoms with Crippen LogP contribution in [0.15, 0.2) is 139 Å². The van der Waals surface area contributed by atoms with Crippen molar-refractivity contribution in [2.24, 2.45) is 15.0 Å². The molecular weight excluding hydrogens is 1540 g/mol. The van der Waals surface area contributed by atoms with E-state index in [2.05, 4.69) is 40.1 Å². The highest BCUT2D eigenvalue weighted by Gasteiger charge is 2.35. The van der Waals surface area contributed by atoms with Gasteiger partial charge in [-0.1, -0.05) is 0 Å². The first kappa shape index (κ1) is 85.1. The van der Waals surface area contributed by atoms with Crippen molar-refractivity contribution in [1.29, 1.82) is 0 Å². The maximum atomic E-state index is 13.1. The van der Waals surface area contributed by atoms with Gasteiger partial charge >= 0.3 is 18.5 Å². The molecule has 3 aromatic carbocycles. The molecule has 0 bridgehead atoms. The van der Waals surface area contributed by atoms with Crippen LogP contribution in [0.4, 0.5) is 39.5 Å². The van der Waals surface area contributed by atoms with Gasteiger partial charge in [-0.15, -0.1) is 34.0 Å². The largest absolute Gasteiger partial charge is 0.416 e. The highest BCUT2D eigenvalue weighted by Crippen LogP contribution is 2.33. The van der Waals surface area contributed by atoms with Crippen molar-refractivity contribution < 1.29 is 68.3 Å². The number of hydrogen-bond donors (Lipinski definition) is 3. The Balaban J connectivity index is 0.000000180. The third-order valence-electron chi connectivity index (χ3n) is 19.4. The summed E-state index contributed by atoms with van der Waals surface area (Å²) in [5.41, 5.74) is -0.0621. The predicted molar refractivity (Wildman–Crippen MR) is 416 cm³/mol. The van der Waals surface area contributed by atoms with E-state index in [1.165, 1.54) is 49.2 Å². The number of aliphatic imine (C=N–C) groups is 3. The number of aromatic nitrogens is 6. The fourth-order valence-corrected chi connectivity index (χ4v) is 16.0. The molecule has 35 heteroatoms. The number of likely N-dealkylation sites (N-methyl/N-ethyl adjacent to an activating group) is 2. The molecule has 2 amide bonds. The highest BCUT2D eigenvalue weighted by molar-refractivity contribution is 7.16. The SMILES string of the molecule is CC(=NCC(=O)c1ccc(C(=O)CN(C)C)s1)c1c(C)[nH]n(-c2ccc(C(F)(F)F)cc2)c1=O.CC(=NCC(=O)c1ccc(C(=O)N2CCC(N(C)C)C2)s1)c1c(C)[nH]n(-c2ccc(C(F)(F)F)cc2)c1=O.CC(=NCC(=O)c1ccc(C(=O)N2CCC(N3CCCC3)CC2)s1)c1c(C)[nH]n(-c2ccc(C(F)(F)F)cc2)c1=O. The lowest BCUT2D eigenvalue weighted by atomic mass is 10.0. The Bertz CT molecular complexity index is 5260. The van der Waals surface area contributed by atoms with E-state index in [1.54, 1.807) is 102 Å². The first-order valence-electron chi connectivity index (χ1n) is 35.9. The molecule has 113 heavy (non-hydrogen) atoms. The number of piperidine rings is 1. The summed E-state index contributed by atoms with van der Waals surface area (Å²) >= 11 is 3.38. The Kier molecular flexibility index (Phi) is 27.0. The van der Waals surface area contributed by atoms with Crippen LogP contribution in [0.2, 0.25) is 0 Å². The molecule has 1 unspecified atom stereocenters. The first-order valence-corrected chi connectivity index (χ1v) is 38.3. The predicted octanol–water partition coefficient (Wildman–Crippen LogP) is 13.0. The lowest BCUT2D eigenvalue weighted by molar-refractivity contribution is -0.138. The Morgan fingerprint density at radius 3 is 1.04 bits per heavy atom. The van der Waals surface area contributed by atoms with Gasteiger partial charge in [0.2, 0.25) is 0 Å². The van der Waals surface area contributed by atoms with E-state index in [-0.39, 0.29) is 94.9 Å². The van der Waals surface area contributed by atoms with E-state index in [9.17, 15) is 82.7 Å². The van der Waals surface area contributed by atoms with Gasteiger partial charge in [-0.3, -0.25) is 73.4 Å². The quantitative estimate of drug-likeness (QED) is 0.0325. The lowest BCUT2D eigenvalue weighted by Crippen LogP contribution is -2.45. The van der Waals surface area contributed by atoms with Crippen molar-refractivity contribution in [3.8, 4) is 17.1 Å². The molecule has 3 fully saturated rings. The number of halogens is 9. The molecule has 9 heterocycles. The fraction of sp³-hybridized carbons (Fsp3) is 0.385. The summed E-state index contributed by atoms with van der Waals surface area (Å²) in [6, 6.07) is 23.3. The first-order chi connectivity index (χ1) is 53.3. The number of amides is 2. The van der Waals surface area contributed by atoms with E-state index in [0.717, 1.165) is 117 Å². The second-order valence-corrected chi connectivity index (χ2v) is 31.2. The van der Waals surface area contributed by atoms with Crippen LogP contribution in [-0.2, 0) is 18.5 Å². The van der Waals surface area contributed by atoms with Gasteiger partial charge in [0, 0.05) is 72.5 Å². The van der Waals surface area contributed by atoms with E-state index in [0.29, 0.717) is 102 Å². The number of nitrogens with zero attached hydrogens (tertiary/aromatic N) is 11. The number of ketones is 4. The molecule has 23 nitrogen and oxygen atoms in total. The maximum absolute atomic E-state index is 13.1. The molecule has 1 atom stereocenters. The second kappa shape index (κ2) is 35.8. The molecule has 600 valence electrons. The van der Waals surface area contributed by atoms with Crippen LogP contribution in [0.3, 0.4) is 0 Å². The number of nitrogens with one attached hydrogen (secondary N) is 3. The summed E-state index contributed by atoms with van der Waals surface area (Å²) in [7, 11) is 7.54. The number of aromatic amines is 3. The van der Waals surface area contributed by atoms with Crippen molar-refractivity contribution in [1.82, 2.24) is 53.8 Å². The lowest BCUT2D eigenvalue weighted by Gasteiger charge is -2.36. The number of Topliss-reactive ketones (excluding diaryl/α,β-unsaturated/α-hetero) is 4. The van der Waals surface area contributed by atoms with Crippen molar-refractivity contribution in [2.75, 3.05) is 93.6 Å². The number of thiophene rings is 3. The molecule has 0 aliphatic carbocycles. The summed E-state index contributed by atoms with van der Waals surface area (Å²) in [5.74, 6) is -1.06. The van der Waals surface area contributed by atoms with Crippen LogP contribution in [-0.4, -0.2) is 212 Å². The van der Waals surface area contributed by atoms with Gasteiger partial charge in [0.15, 0.2) is 23.1 Å². The number of alkyl halides is 9. The molecule has 3 aliphatic heterocycles. The molecule has 0 spiro atoms. The minimum Gasteiger partial charge on any atom is -0.338 e. The molecule has 3 saturated heterocycles. The molecule has 0 radical (unpaired) electrons. The molecule has 12 rings (SSSR count). The molecule has 6 aromatic heterocycles. The van der Waals surface area contributed by atoms with E-state index in [4.69, 9.17) is 0 Å². The number of hydrogen-bond acceptors (Lipinski definition) is 18. The van der Waals surface area contributed by atoms with Crippen molar-refractivity contribution in [3.05, 3.63) is 220 Å². The van der Waals surface area contributed by atoms with Crippen molar-refractivity contribution >= 4 is 86.1 Å². The zero-order valence-corrected chi connectivity index (χ0v) is 65.8. The third-order valence-corrected chi connectivity index (χ3v) is 22.8. The smallest absolute Gasteiger partial charge is 0.338 e. The maximum Gasteiger partial charge on any atom is 0.416 e. The normalized spacial score (nSPS) is 15.6. The summed E-state index contributed by atoms with van der Waals surface area (Å²) in [4.78, 5) is 141. The van der Waals surface area contributed by atoms with Gasteiger partial charge in [-0.05, 0) is 224 Å². The summed E-state index contributed by atoms with van der Waals surface area (Å²) in [5, 5.41) is 8.56. The molecule has 9 aromatic rings. The number of carbonyl (C=O) groups is 6. The van der Waals surface area contributed by atoms with Gasteiger partial charge in [0.05, 0.1) is 86.3 Å². The minimum atomic E-state index is -4.48. The molecule has 3 aliphatic rings. The van der Waals surface area contributed by atoms with E-state index in [1.807, 2.05) is 19.0 Å². The average Bonchev–Trinajstić information content (AvgIpc) is 1.66. The summed E-state index contributed by atoms with van der Waals surface area (Å²) < 4.78 is 119. The molecular formula is C78H83F9N14O9S3. The van der Waals surface area contributed by atoms with Gasteiger partial charge < -0.3 is 24.5 Å². The van der Waals surface area contributed by atoms with Crippen LogP contribution < -0.4 is 16.7 Å². The fourth-order valence-electron chi connectivity index (χ4n) is 13.3. The zero-order valence-electron chi connectivity index (χ0n) is 63.4. The van der Waals surface area contributed by atoms with Crippen LogP contribution in [0.1, 0.15) is 161 Å². The van der Waals surface area contributed by atoms with Crippen LogP contribution in [0, 0.1) is 20.8 Å². The van der Waals surface area contributed by atoms with Gasteiger partial charge in [0.25, 0.3) is 28.5 Å². The number of rotatable bonds is 22. The van der Waals surface area contributed by atoms with Crippen molar-refractivity contribution in [2.45, 2.75) is 104 Å². The Hall–Kier alpha value is -10.3. The standard InChI is InChI=1S/C29H32F3N5O3S.C26H28F3N5O3S.C23H23F3N4O3S/c1-18(26-19(2)34-37(28(26)40)22-7-5-20(6-8-22)29(30,31)32)33-17-23(38)24-9-10-25(41-24)27(39)36-15-11-21(12-16-36)35-13-3-4-14-35;1-15(23-16(2)31-34(25(23)37)18-7-5-17(6-8-18)26(27,28)29)30-13-20(35)21-9-10-22(38-21)24(36)33-12-11-19(14-33)32(3)4;1-13(27-11-17(31)19-9-10-20(34-19)18(32)12-29(3)4)21-14(2)28-30(22(21)33)16-7-5-15(6-8-16)23(24,25)26/h5-10,21,34H,3-4,11-17H2,1-2H3;5-10,19,31H,11-14H2,1-4H3;5-10,28H,11-12H2,1-4H3. The van der Waals surface area contributed by atoms with Gasteiger partial charge in [-0.2, -0.15) is 39.5 Å². The van der Waals surface area contributed by atoms with E-state index >= 15 is 0 Å². The zero-order chi connectivity index (χ0) is 82.3. The summed E-state index contributed by atoms with van der Waals surface area (Å²) in [6.07, 6.45) is -8.08. The Morgan fingerprint density at radius 2 is 0.726 bits per heavy atom. The van der Waals surface area contributed by atoms with Crippen LogP contribution in [0.25, 0.3) is 17.1 Å². The second-order valence-electron chi connectivity index (χ2n) is 27.9. The highest BCUT2D eigenvalue weighted by atomic mass is 32.1. The number of carbonyl (C=O) groups excluding carboxylic acids is 6. The number of H-pyrrole nitrogens is 3. The van der Waals surface area contributed by atoms with Gasteiger partial charge in [-0.25, -0.2) is 14.0 Å². The molecule has 3 N–H and O–H groups in total. The number of aryl methyl sites for hydroxylation is 3. The number of likely N-dealkylation sites (tertiary alicyclic amines) is 3. The van der Waals surface area contributed by atoms with Gasteiger partial charge in [0.1, 0.15) is 19.6 Å². The van der Waals surface area contributed by atoms with Crippen LogP contribution in [0.5, 0.6) is 0 Å². The third kappa shape index (κ3) is 20.6. The minimum absolute atomic E-state index is 0.0552. The monoisotopic (exact) mass is 1630 g/mol. The van der Waals surface area contributed by atoms with Crippen molar-refractivity contribution in [3.63, 3.8) is 0 Å².